The Morgan fingerprint density at radius 1 is 1.11 bits per heavy atom. The third-order valence-electron chi connectivity index (χ3n) is 4.44. The highest BCUT2D eigenvalue weighted by Crippen LogP contribution is 2.33. The summed E-state index contributed by atoms with van der Waals surface area (Å²) < 4.78 is 1.08. The molecule has 0 aliphatic rings. The summed E-state index contributed by atoms with van der Waals surface area (Å²) in [7, 11) is 4.04. The molecule has 0 spiro atoms. The molecule has 0 bridgehead atoms. The number of anilines is 1. The molecular weight excluding hydrogens is 413 g/mol. The fraction of sp³-hybridized carbons (Fsp3) is 0.333. The van der Waals surface area contributed by atoms with Gasteiger partial charge in [0.15, 0.2) is 5.13 Å². The fourth-order valence-electron chi connectivity index (χ4n) is 3.11. The number of rotatable bonds is 6. The van der Waals surface area contributed by atoms with Crippen LogP contribution < -0.4 is 4.90 Å². The predicted molar refractivity (Wildman–Crippen MR) is 120 cm³/mol. The van der Waals surface area contributed by atoms with Gasteiger partial charge in [0.2, 0.25) is 0 Å². The lowest BCUT2D eigenvalue weighted by Crippen LogP contribution is -2.33. The Balaban J connectivity index is 2.01. The molecular formula is C21H23Cl2N3OS. The van der Waals surface area contributed by atoms with Gasteiger partial charge in [-0.2, -0.15) is 0 Å². The molecule has 0 saturated carbocycles. The molecule has 0 N–H and O–H groups in total. The minimum atomic E-state index is -0.158. The molecule has 0 aliphatic heterocycles. The minimum absolute atomic E-state index is 0.158. The van der Waals surface area contributed by atoms with E-state index in [-0.39, 0.29) is 5.91 Å². The average molecular weight is 436 g/mol. The molecule has 0 atom stereocenters. The summed E-state index contributed by atoms with van der Waals surface area (Å²) in [6.07, 6.45) is 0.831. The summed E-state index contributed by atoms with van der Waals surface area (Å²) in [5.74, 6) is -0.158. The van der Waals surface area contributed by atoms with Crippen molar-refractivity contribution < 1.29 is 4.79 Å². The third-order valence-corrected chi connectivity index (χ3v) is 6.02. The van der Waals surface area contributed by atoms with Crippen molar-refractivity contribution in [3.63, 3.8) is 0 Å². The number of fused-ring (bicyclic) bond motifs is 1. The summed E-state index contributed by atoms with van der Waals surface area (Å²) in [6, 6.07) is 9.18. The number of halogens is 2. The van der Waals surface area contributed by atoms with Crippen molar-refractivity contribution in [1.29, 1.82) is 0 Å². The van der Waals surface area contributed by atoms with E-state index in [9.17, 15) is 4.79 Å². The van der Waals surface area contributed by atoms with Crippen LogP contribution in [-0.2, 0) is 0 Å². The second-order valence-corrected chi connectivity index (χ2v) is 9.02. The van der Waals surface area contributed by atoms with Gasteiger partial charge in [0, 0.05) is 11.6 Å². The number of nitrogens with zero attached hydrogens (tertiary/aromatic N) is 3. The molecule has 3 rings (SSSR count). The van der Waals surface area contributed by atoms with E-state index in [2.05, 4.69) is 24.0 Å². The highest BCUT2D eigenvalue weighted by atomic mass is 35.5. The van der Waals surface area contributed by atoms with E-state index >= 15 is 0 Å². The van der Waals surface area contributed by atoms with Gasteiger partial charge in [0.05, 0.1) is 20.8 Å². The van der Waals surface area contributed by atoms with E-state index in [0.29, 0.717) is 27.3 Å². The maximum Gasteiger partial charge on any atom is 0.261 e. The molecule has 148 valence electrons. The molecule has 1 amide bonds. The van der Waals surface area contributed by atoms with Crippen LogP contribution >= 0.6 is 34.5 Å². The molecule has 1 aromatic heterocycles. The number of benzene rings is 2. The molecule has 4 nitrogen and oxygen atoms in total. The zero-order chi connectivity index (χ0) is 20.4. The van der Waals surface area contributed by atoms with Crippen LogP contribution in [0.25, 0.3) is 10.2 Å². The van der Waals surface area contributed by atoms with Gasteiger partial charge < -0.3 is 4.90 Å². The Morgan fingerprint density at radius 3 is 2.54 bits per heavy atom. The van der Waals surface area contributed by atoms with E-state index in [0.717, 1.165) is 28.7 Å². The van der Waals surface area contributed by atoms with E-state index in [1.807, 2.05) is 21.0 Å². The molecule has 3 aromatic rings. The van der Waals surface area contributed by atoms with Crippen LogP contribution in [0, 0.1) is 13.8 Å². The number of carbonyl (C=O) groups excluding carboxylic acids is 1. The second-order valence-electron chi connectivity index (χ2n) is 7.16. The monoisotopic (exact) mass is 435 g/mol. The van der Waals surface area contributed by atoms with E-state index < -0.39 is 0 Å². The molecule has 7 heteroatoms. The molecule has 2 aromatic carbocycles. The lowest BCUT2D eigenvalue weighted by Gasteiger charge is -2.21. The van der Waals surface area contributed by atoms with Crippen molar-refractivity contribution in [3.05, 3.63) is 57.1 Å². The van der Waals surface area contributed by atoms with Gasteiger partial charge >= 0.3 is 0 Å². The maximum atomic E-state index is 13.3. The van der Waals surface area contributed by atoms with Crippen LogP contribution in [0.4, 0.5) is 5.13 Å². The van der Waals surface area contributed by atoms with Gasteiger partial charge in [-0.1, -0.05) is 40.6 Å². The average Bonchev–Trinajstić information content (AvgIpc) is 3.02. The standard InChI is InChI=1S/C21H23Cl2N3OS/c1-13-10-14(2)19-18(11-13)28-21(24-19)26(9-5-8-25(3)4)20(27)16-7-6-15(22)12-17(16)23/h6-7,10-12H,5,8-9H2,1-4H3. The topological polar surface area (TPSA) is 36.4 Å². The summed E-state index contributed by atoms with van der Waals surface area (Å²) >= 11 is 13.8. The zero-order valence-electron chi connectivity index (χ0n) is 16.4. The van der Waals surface area contributed by atoms with Crippen molar-refractivity contribution in [2.24, 2.45) is 0 Å². The molecule has 0 unspecified atom stereocenters. The SMILES string of the molecule is Cc1cc(C)c2nc(N(CCCN(C)C)C(=O)c3ccc(Cl)cc3Cl)sc2c1. The summed E-state index contributed by atoms with van der Waals surface area (Å²) in [5, 5.41) is 1.55. The van der Waals surface area contributed by atoms with Gasteiger partial charge in [0.1, 0.15) is 0 Å². The Morgan fingerprint density at radius 2 is 1.86 bits per heavy atom. The Kier molecular flexibility index (Phi) is 6.61. The third kappa shape index (κ3) is 4.66. The highest BCUT2D eigenvalue weighted by molar-refractivity contribution is 7.22. The summed E-state index contributed by atoms with van der Waals surface area (Å²) in [4.78, 5) is 22.0. The van der Waals surface area contributed by atoms with Gasteiger partial charge in [-0.05, 0) is 76.3 Å². The van der Waals surface area contributed by atoms with Gasteiger partial charge in [-0.15, -0.1) is 0 Å². The zero-order valence-corrected chi connectivity index (χ0v) is 18.8. The summed E-state index contributed by atoms with van der Waals surface area (Å²) in [6.45, 7) is 5.56. The Bertz CT molecular complexity index is 1020. The largest absolute Gasteiger partial charge is 0.309 e. The smallest absolute Gasteiger partial charge is 0.261 e. The summed E-state index contributed by atoms with van der Waals surface area (Å²) in [5.41, 5.74) is 3.68. The second kappa shape index (κ2) is 8.78. The number of carbonyl (C=O) groups is 1. The Labute approximate surface area is 179 Å². The van der Waals surface area contributed by atoms with Gasteiger partial charge in [0.25, 0.3) is 5.91 Å². The number of hydrogen-bond donors (Lipinski definition) is 0. The normalized spacial score (nSPS) is 11.4. The van der Waals surface area contributed by atoms with Crippen LogP contribution in [0.1, 0.15) is 27.9 Å². The molecule has 0 fully saturated rings. The van der Waals surface area contributed by atoms with E-state index in [1.54, 1.807) is 23.1 Å². The van der Waals surface area contributed by atoms with Gasteiger partial charge in [-0.3, -0.25) is 9.69 Å². The van der Waals surface area contributed by atoms with Crippen LogP contribution in [0.5, 0.6) is 0 Å². The number of aryl methyl sites for hydroxylation is 2. The number of aromatic nitrogens is 1. The molecule has 0 aliphatic carbocycles. The first-order valence-electron chi connectivity index (χ1n) is 9.05. The molecule has 1 heterocycles. The van der Waals surface area contributed by atoms with E-state index in [1.165, 1.54) is 16.9 Å². The van der Waals surface area contributed by atoms with Gasteiger partial charge in [-0.25, -0.2) is 4.98 Å². The first-order valence-corrected chi connectivity index (χ1v) is 10.6. The fourth-order valence-corrected chi connectivity index (χ4v) is 4.77. The van der Waals surface area contributed by atoms with Crippen molar-refractivity contribution in [1.82, 2.24) is 9.88 Å². The van der Waals surface area contributed by atoms with Crippen molar-refractivity contribution in [2.45, 2.75) is 20.3 Å². The minimum Gasteiger partial charge on any atom is -0.309 e. The highest BCUT2D eigenvalue weighted by Gasteiger charge is 2.23. The maximum absolute atomic E-state index is 13.3. The van der Waals surface area contributed by atoms with Crippen molar-refractivity contribution >= 4 is 55.8 Å². The first kappa shape index (κ1) is 21.1. The number of thiazole rings is 1. The van der Waals surface area contributed by atoms with Crippen LogP contribution in [0.15, 0.2) is 30.3 Å². The Hall–Kier alpha value is -1.66. The molecule has 0 saturated heterocycles. The number of hydrogen-bond acceptors (Lipinski definition) is 4. The van der Waals surface area contributed by atoms with Crippen molar-refractivity contribution in [2.75, 3.05) is 32.1 Å². The quantitative estimate of drug-likeness (QED) is 0.489. The lowest BCUT2D eigenvalue weighted by atomic mass is 10.1. The van der Waals surface area contributed by atoms with Crippen LogP contribution in [0.3, 0.4) is 0 Å². The molecule has 0 radical (unpaired) electrons. The number of amides is 1. The van der Waals surface area contributed by atoms with E-state index in [4.69, 9.17) is 28.2 Å². The lowest BCUT2D eigenvalue weighted by molar-refractivity contribution is 0.0986. The molecule has 28 heavy (non-hydrogen) atoms. The van der Waals surface area contributed by atoms with Crippen molar-refractivity contribution in [3.8, 4) is 0 Å². The predicted octanol–water partition coefficient (Wildman–Crippen LogP) is 5.82. The first-order chi connectivity index (χ1) is 13.3. The van der Waals surface area contributed by atoms with Crippen LogP contribution in [-0.4, -0.2) is 43.0 Å². The van der Waals surface area contributed by atoms with Crippen LogP contribution in [0.2, 0.25) is 10.0 Å².